The minimum atomic E-state index is -3.55. The summed E-state index contributed by atoms with van der Waals surface area (Å²) in [4.78, 5) is 5.32. The maximum atomic E-state index is 12.0. The molecule has 0 N–H and O–H groups in total. The minimum absolute atomic E-state index is 0.196. The minimum Gasteiger partial charge on any atom is -0.377 e. The van der Waals surface area contributed by atoms with Gasteiger partial charge in [-0.2, -0.15) is 0 Å². The predicted octanol–water partition coefficient (Wildman–Crippen LogP) is 0.637. The summed E-state index contributed by atoms with van der Waals surface area (Å²) in [5, 5.41) is 0. The molecule has 1 saturated heterocycles. The quantitative estimate of drug-likeness (QED) is 0.781. The molecule has 0 spiro atoms. The summed E-state index contributed by atoms with van der Waals surface area (Å²) < 4.78 is 30.1. The monoisotopic (exact) mass is 243 g/mol. The molecule has 1 aliphatic heterocycles. The molecule has 16 heavy (non-hydrogen) atoms. The zero-order valence-electron chi connectivity index (χ0n) is 8.87. The summed E-state index contributed by atoms with van der Waals surface area (Å²) in [5.41, 5.74) is 0. The highest BCUT2D eigenvalue weighted by atomic mass is 32.2. The van der Waals surface area contributed by atoms with E-state index in [0.717, 1.165) is 4.47 Å². The molecule has 0 aliphatic carbocycles. The van der Waals surface area contributed by atoms with Crippen molar-refractivity contribution in [1.29, 1.82) is 0 Å². The lowest BCUT2D eigenvalue weighted by Gasteiger charge is -2.14. The van der Waals surface area contributed by atoms with E-state index < -0.39 is 10.0 Å². The molecule has 0 saturated carbocycles. The smallest absolute Gasteiger partial charge is 0.265 e. The summed E-state index contributed by atoms with van der Waals surface area (Å²) in [6, 6.07) is 8.20. The Morgan fingerprint density at radius 1 is 1.38 bits per heavy atom. The van der Waals surface area contributed by atoms with E-state index in [0.29, 0.717) is 0 Å². The number of hydroxylamine groups is 1. The largest absolute Gasteiger partial charge is 0.377 e. The number of hydrogen-bond acceptors (Lipinski definition) is 4. The van der Waals surface area contributed by atoms with Crippen LogP contribution in [0.25, 0.3) is 0 Å². The Morgan fingerprint density at radius 3 is 2.62 bits per heavy atom. The molecule has 2 rings (SSSR count). The highest BCUT2D eigenvalue weighted by molar-refractivity contribution is 7.89. The van der Waals surface area contributed by atoms with Crippen LogP contribution in [-0.4, -0.2) is 39.3 Å². The third kappa shape index (κ3) is 2.10. The first kappa shape index (κ1) is 11.5. The molecule has 6 heteroatoms. The summed E-state index contributed by atoms with van der Waals surface area (Å²) in [7, 11) is -2.02. The molecule has 1 aromatic rings. The second kappa shape index (κ2) is 4.50. The Balaban J connectivity index is 2.21. The van der Waals surface area contributed by atoms with Gasteiger partial charge in [-0.25, -0.2) is 8.42 Å². The molecule has 0 bridgehead atoms. The van der Waals surface area contributed by atoms with Crippen molar-refractivity contribution in [2.75, 3.05) is 20.3 Å². The lowest BCUT2D eigenvalue weighted by atomic mass is 10.4. The fraction of sp³-hybridized carbons (Fsp3) is 0.400. The van der Waals surface area contributed by atoms with Gasteiger partial charge in [0.2, 0.25) is 0 Å². The lowest BCUT2D eigenvalue weighted by molar-refractivity contribution is -0.0330. The highest BCUT2D eigenvalue weighted by Gasteiger charge is 2.33. The molecule has 1 aromatic carbocycles. The Morgan fingerprint density at radius 2 is 2.06 bits per heavy atom. The second-order valence-corrected chi connectivity index (χ2v) is 5.29. The van der Waals surface area contributed by atoms with Gasteiger partial charge in [-0.15, -0.1) is 0 Å². The van der Waals surface area contributed by atoms with Crippen LogP contribution in [0, 0.1) is 0 Å². The van der Waals surface area contributed by atoms with E-state index in [-0.39, 0.29) is 24.2 Å². The van der Waals surface area contributed by atoms with Gasteiger partial charge in [0.15, 0.2) is 0 Å². The fourth-order valence-corrected chi connectivity index (χ4v) is 2.76. The molecule has 1 heterocycles. The first-order valence-corrected chi connectivity index (χ1v) is 6.32. The van der Waals surface area contributed by atoms with Crippen LogP contribution in [-0.2, 0) is 19.6 Å². The van der Waals surface area contributed by atoms with E-state index in [1.54, 1.807) is 30.3 Å². The molecule has 1 atom stereocenters. The Kier molecular flexibility index (Phi) is 3.25. The van der Waals surface area contributed by atoms with E-state index in [2.05, 4.69) is 0 Å². The number of sulfonamides is 1. The number of hydrogen-bond donors (Lipinski definition) is 0. The van der Waals surface area contributed by atoms with Crippen molar-refractivity contribution >= 4 is 10.0 Å². The van der Waals surface area contributed by atoms with Crippen LogP contribution in [0.15, 0.2) is 35.2 Å². The molecule has 5 nitrogen and oxygen atoms in total. The van der Waals surface area contributed by atoms with E-state index in [9.17, 15) is 8.42 Å². The Labute approximate surface area is 94.6 Å². The van der Waals surface area contributed by atoms with E-state index >= 15 is 0 Å². The summed E-state index contributed by atoms with van der Waals surface area (Å²) in [5.74, 6) is 0. The van der Waals surface area contributed by atoms with Gasteiger partial charge in [0.25, 0.3) is 10.0 Å². The predicted molar refractivity (Wildman–Crippen MR) is 57.1 cm³/mol. The fourth-order valence-electron chi connectivity index (χ4n) is 1.46. The maximum absolute atomic E-state index is 12.0. The zero-order chi connectivity index (χ0) is 11.6. The molecule has 0 radical (unpaired) electrons. The van der Waals surface area contributed by atoms with Gasteiger partial charge in [-0.3, -0.25) is 4.84 Å². The van der Waals surface area contributed by atoms with Crippen LogP contribution in [0.5, 0.6) is 0 Å². The van der Waals surface area contributed by atoms with Crippen molar-refractivity contribution in [3.63, 3.8) is 0 Å². The number of ether oxygens (including phenoxy) is 1. The molecule has 0 aromatic heterocycles. The van der Waals surface area contributed by atoms with E-state index in [1.165, 1.54) is 7.11 Å². The summed E-state index contributed by atoms with van der Waals surface area (Å²) >= 11 is 0. The zero-order valence-corrected chi connectivity index (χ0v) is 9.68. The topological polar surface area (TPSA) is 55.8 Å². The van der Waals surface area contributed by atoms with Gasteiger partial charge >= 0.3 is 0 Å². The number of rotatable bonds is 3. The van der Waals surface area contributed by atoms with Crippen LogP contribution in [0.4, 0.5) is 0 Å². The average Bonchev–Trinajstić information content (AvgIpc) is 2.79. The Bertz CT molecular complexity index is 445. The number of benzene rings is 1. The summed E-state index contributed by atoms with van der Waals surface area (Å²) in [6.45, 7) is 0.496. The third-order valence-electron chi connectivity index (χ3n) is 2.40. The molecule has 0 amide bonds. The van der Waals surface area contributed by atoms with Crippen molar-refractivity contribution in [2.24, 2.45) is 0 Å². The van der Waals surface area contributed by atoms with E-state index in [4.69, 9.17) is 9.57 Å². The lowest BCUT2D eigenvalue weighted by Crippen LogP contribution is -2.29. The van der Waals surface area contributed by atoms with Crippen molar-refractivity contribution in [2.45, 2.75) is 11.0 Å². The van der Waals surface area contributed by atoms with Crippen molar-refractivity contribution in [3.05, 3.63) is 30.3 Å². The van der Waals surface area contributed by atoms with Crippen molar-refractivity contribution in [3.8, 4) is 0 Å². The van der Waals surface area contributed by atoms with Crippen LogP contribution in [0.1, 0.15) is 0 Å². The number of nitrogens with zero attached hydrogens (tertiary/aromatic N) is 1. The van der Waals surface area contributed by atoms with Crippen LogP contribution >= 0.6 is 0 Å². The third-order valence-corrected chi connectivity index (χ3v) is 4.06. The highest BCUT2D eigenvalue weighted by Crippen LogP contribution is 2.20. The van der Waals surface area contributed by atoms with Crippen LogP contribution < -0.4 is 0 Å². The average molecular weight is 243 g/mol. The SMILES string of the molecule is COC1CON(S(=O)(=O)c2ccccc2)C1. The summed E-state index contributed by atoms with van der Waals surface area (Å²) in [6.07, 6.45) is -0.196. The molecular weight excluding hydrogens is 230 g/mol. The van der Waals surface area contributed by atoms with Crippen molar-refractivity contribution < 1.29 is 18.0 Å². The molecule has 88 valence electrons. The Hall–Kier alpha value is -0.950. The van der Waals surface area contributed by atoms with Gasteiger partial charge in [0, 0.05) is 7.11 Å². The normalized spacial score (nSPS) is 22.4. The van der Waals surface area contributed by atoms with Gasteiger partial charge in [-0.1, -0.05) is 22.7 Å². The first-order chi connectivity index (χ1) is 7.64. The maximum Gasteiger partial charge on any atom is 0.265 e. The van der Waals surface area contributed by atoms with Gasteiger partial charge in [-0.05, 0) is 12.1 Å². The van der Waals surface area contributed by atoms with Gasteiger partial charge in [0.05, 0.1) is 24.2 Å². The molecular formula is C10H13NO4S. The van der Waals surface area contributed by atoms with Gasteiger partial charge in [0.1, 0.15) is 0 Å². The molecule has 1 fully saturated rings. The van der Waals surface area contributed by atoms with Crippen LogP contribution in [0.2, 0.25) is 0 Å². The van der Waals surface area contributed by atoms with E-state index in [1.807, 2.05) is 0 Å². The molecule has 1 aliphatic rings. The molecule has 1 unspecified atom stereocenters. The number of methoxy groups -OCH3 is 1. The van der Waals surface area contributed by atoms with Gasteiger partial charge < -0.3 is 4.74 Å². The van der Waals surface area contributed by atoms with Crippen molar-refractivity contribution in [1.82, 2.24) is 4.47 Å². The standard InChI is InChI=1S/C10H13NO4S/c1-14-9-7-11(15-8-9)16(12,13)10-5-3-2-4-6-10/h2-6,9H,7-8H2,1H3. The van der Waals surface area contributed by atoms with Crippen LogP contribution in [0.3, 0.4) is 0 Å². The second-order valence-electron chi connectivity index (χ2n) is 3.46. The first-order valence-electron chi connectivity index (χ1n) is 4.88.